The van der Waals surface area contributed by atoms with E-state index in [1.54, 1.807) is 25.4 Å². The van der Waals surface area contributed by atoms with Crippen LogP contribution in [0.3, 0.4) is 0 Å². The van der Waals surface area contributed by atoms with Crippen LogP contribution in [0.1, 0.15) is 31.1 Å². The number of nitrogens with zero attached hydrogens (tertiary/aromatic N) is 4. The molecular weight excluding hydrogens is 354 g/mol. The molecule has 0 aromatic carbocycles. The number of nitrogens with one attached hydrogen (secondary N) is 1. The minimum absolute atomic E-state index is 0.0239. The minimum Gasteiger partial charge on any atom is -0.471 e. The smallest absolute Gasteiger partial charge is 0.214 e. The number of aromatic nitrogens is 4. The maximum Gasteiger partial charge on any atom is 0.214 e. The Bertz CT molecular complexity index is 930. The third kappa shape index (κ3) is 4.36. The van der Waals surface area contributed by atoms with Gasteiger partial charge in [-0.15, -0.1) is 4.68 Å². The van der Waals surface area contributed by atoms with Crippen molar-refractivity contribution in [3.05, 3.63) is 54.6 Å². The van der Waals surface area contributed by atoms with Crippen LogP contribution in [-0.2, 0) is 7.05 Å². The summed E-state index contributed by atoms with van der Waals surface area (Å²) in [5.74, 6) is 1.50. The molecule has 1 saturated heterocycles. The molecule has 4 heterocycles. The number of carbonyl (C=O) groups excluding carboxylic acids is 1. The van der Waals surface area contributed by atoms with Crippen molar-refractivity contribution in [3.8, 4) is 17.0 Å². The summed E-state index contributed by atoms with van der Waals surface area (Å²) in [6.45, 7) is 7.04. The molecule has 0 spiro atoms. The average Bonchev–Trinajstić information content (AvgIpc) is 3.13. The van der Waals surface area contributed by atoms with E-state index < -0.39 is 0 Å². The second kappa shape index (κ2) is 8.65. The molecule has 4 rings (SSSR count). The Morgan fingerprint density at radius 1 is 1.21 bits per heavy atom. The third-order valence-corrected chi connectivity index (χ3v) is 4.44. The van der Waals surface area contributed by atoms with Crippen molar-refractivity contribution < 1.29 is 14.2 Å². The van der Waals surface area contributed by atoms with E-state index >= 15 is 0 Å². The zero-order valence-electron chi connectivity index (χ0n) is 16.7. The Hall–Kier alpha value is -3.22. The first-order chi connectivity index (χ1) is 13.6. The predicted molar refractivity (Wildman–Crippen MR) is 107 cm³/mol. The van der Waals surface area contributed by atoms with Crippen molar-refractivity contribution in [1.29, 1.82) is 0 Å². The van der Waals surface area contributed by atoms with Gasteiger partial charge in [0, 0.05) is 24.0 Å². The van der Waals surface area contributed by atoms with Gasteiger partial charge in [-0.25, -0.2) is 9.97 Å². The Kier molecular flexibility index (Phi) is 6.03. The van der Waals surface area contributed by atoms with Gasteiger partial charge in [-0.3, -0.25) is 4.79 Å². The molecular formula is C21H26N5O2+. The summed E-state index contributed by atoms with van der Waals surface area (Å²) < 4.78 is 7.87. The van der Waals surface area contributed by atoms with E-state index in [9.17, 15) is 4.79 Å². The van der Waals surface area contributed by atoms with Crippen LogP contribution in [0.5, 0.6) is 5.88 Å². The van der Waals surface area contributed by atoms with E-state index in [-0.39, 0.29) is 11.9 Å². The lowest BCUT2D eigenvalue weighted by Gasteiger charge is -2.39. The first kappa shape index (κ1) is 19.5. The zero-order valence-corrected chi connectivity index (χ0v) is 16.7. The van der Waals surface area contributed by atoms with Gasteiger partial charge in [-0.2, -0.15) is 5.10 Å². The Labute approximate surface area is 165 Å². The highest BCUT2D eigenvalue weighted by Gasteiger charge is 2.30. The lowest BCUT2D eigenvalue weighted by molar-refractivity contribution is -0.726. The molecule has 7 heteroatoms. The number of hydrogen-bond acceptors (Lipinski definition) is 5. The number of rotatable bonds is 5. The molecule has 1 fully saturated rings. The summed E-state index contributed by atoms with van der Waals surface area (Å²) >= 11 is 0. The number of H-pyrrole nitrogens is 1. The second-order valence-corrected chi connectivity index (χ2v) is 6.46. The number of aryl methyl sites for hydroxylation is 1. The Morgan fingerprint density at radius 3 is 2.61 bits per heavy atom. The van der Waals surface area contributed by atoms with Crippen molar-refractivity contribution in [2.45, 2.75) is 26.9 Å². The van der Waals surface area contributed by atoms with Crippen LogP contribution in [0.4, 0.5) is 5.82 Å². The van der Waals surface area contributed by atoms with E-state index in [1.165, 1.54) is 0 Å². The SMILES string of the molecule is CC.CC(=O)c1ccc(N2CC(Oc3cc(-c4c[nH][n+](C)c4)ccn3)C2)nc1. The maximum absolute atomic E-state index is 11.3. The average molecular weight is 380 g/mol. The Balaban J connectivity index is 0.00000109. The number of ether oxygens (including phenoxy) is 1. The fourth-order valence-corrected chi connectivity index (χ4v) is 2.92. The summed E-state index contributed by atoms with van der Waals surface area (Å²) in [5, 5.41) is 3.11. The lowest BCUT2D eigenvalue weighted by Crippen LogP contribution is -2.54. The molecule has 1 aliphatic heterocycles. The van der Waals surface area contributed by atoms with Gasteiger partial charge in [0.2, 0.25) is 12.1 Å². The molecule has 146 valence electrons. The summed E-state index contributed by atoms with van der Waals surface area (Å²) in [7, 11) is 1.95. The number of aromatic amines is 1. The molecule has 7 nitrogen and oxygen atoms in total. The van der Waals surface area contributed by atoms with Crippen molar-refractivity contribution in [2.24, 2.45) is 7.05 Å². The highest BCUT2D eigenvalue weighted by Crippen LogP contribution is 2.25. The van der Waals surface area contributed by atoms with Crippen molar-refractivity contribution >= 4 is 11.6 Å². The van der Waals surface area contributed by atoms with Crippen LogP contribution in [-0.4, -0.2) is 40.0 Å². The molecule has 3 aromatic heterocycles. The summed E-state index contributed by atoms with van der Waals surface area (Å²) in [4.78, 5) is 22.1. The highest BCUT2D eigenvalue weighted by atomic mass is 16.5. The standard InChI is InChI=1S/C19H19N5O2.C2H6/c1-13(25)15-3-4-18(21-8-15)24-11-17(12-24)26-19-7-14(5-6-20-19)16-9-22-23(2)10-16;1-2/h3-10,17H,11-12H2,1-2H3;1-2H3/p+1. The van der Waals surface area contributed by atoms with Gasteiger partial charge in [0.1, 0.15) is 11.9 Å². The van der Waals surface area contributed by atoms with Crippen LogP contribution in [0.25, 0.3) is 11.1 Å². The van der Waals surface area contributed by atoms with Gasteiger partial charge in [-0.05, 0) is 30.7 Å². The minimum atomic E-state index is 0.0239. The molecule has 1 aliphatic rings. The van der Waals surface area contributed by atoms with Gasteiger partial charge < -0.3 is 9.64 Å². The molecule has 0 unspecified atom stereocenters. The highest BCUT2D eigenvalue weighted by molar-refractivity contribution is 5.93. The number of hydrogen-bond donors (Lipinski definition) is 1. The molecule has 0 aliphatic carbocycles. The molecule has 0 radical (unpaired) electrons. The van der Waals surface area contributed by atoms with Crippen molar-refractivity contribution in [3.63, 3.8) is 0 Å². The molecule has 0 amide bonds. The van der Waals surface area contributed by atoms with Crippen LogP contribution >= 0.6 is 0 Å². The first-order valence-corrected chi connectivity index (χ1v) is 9.47. The van der Waals surface area contributed by atoms with Crippen LogP contribution in [0.15, 0.2) is 49.1 Å². The van der Waals surface area contributed by atoms with Crippen LogP contribution in [0, 0.1) is 0 Å². The molecule has 28 heavy (non-hydrogen) atoms. The fraction of sp³-hybridized carbons (Fsp3) is 0.333. The summed E-state index contributed by atoms with van der Waals surface area (Å²) in [5.41, 5.74) is 2.77. The summed E-state index contributed by atoms with van der Waals surface area (Å²) in [6, 6.07) is 7.59. The monoisotopic (exact) mass is 380 g/mol. The number of pyridine rings is 2. The van der Waals surface area contributed by atoms with Crippen molar-refractivity contribution in [1.82, 2.24) is 15.1 Å². The van der Waals surface area contributed by atoms with Crippen LogP contribution in [0.2, 0.25) is 0 Å². The number of carbonyl (C=O) groups is 1. The summed E-state index contributed by atoms with van der Waals surface area (Å²) in [6.07, 6.45) is 7.42. The number of Topliss-reactive ketones (excluding diaryl/α,β-unsaturated/α-hetero) is 1. The number of anilines is 1. The first-order valence-electron chi connectivity index (χ1n) is 9.47. The predicted octanol–water partition coefficient (Wildman–Crippen LogP) is 2.79. The van der Waals surface area contributed by atoms with Gasteiger partial charge in [0.05, 0.1) is 24.8 Å². The molecule has 0 atom stereocenters. The van der Waals surface area contributed by atoms with Gasteiger partial charge in [0.25, 0.3) is 0 Å². The Morgan fingerprint density at radius 2 is 2.00 bits per heavy atom. The second-order valence-electron chi connectivity index (χ2n) is 6.46. The van der Waals surface area contributed by atoms with Gasteiger partial charge >= 0.3 is 0 Å². The van der Waals surface area contributed by atoms with E-state index in [4.69, 9.17) is 4.74 Å². The molecule has 0 saturated carbocycles. The maximum atomic E-state index is 11.3. The topological polar surface area (TPSA) is 75.0 Å². The van der Waals surface area contributed by atoms with Gasteiger partial charge in [0.15, 0.2) is 12.8 Å². The lowest BCUT2D eigenvalue weighted by atomic mass is 10.1. The quantitative estimate of drug-likeness (QED) is 0.544. The van der Waals surface area contributed by atoms with Gasteiger partial charge in [-0.1, -0.05) is 13.8 Å². The van der Waals surface area contributed by atoms with E-state index in [0.717, 1.165) is 30.0 Å². The third-order valence-electron chi connectivity index (χ3n) is 4.44. The fourth-order valence-electron chi connectivity index (χ4n) is 2.92. The van der Waals surface area contributed by atoms with Crippen LogP contribution < -0.4 is 14.3 Å². The molecule has 3 aromatic rings. The van der Waals surface area contributed by atoms with E-state index in [1.807, 2.05) is 56.2 Å². The van der Waals surface area contributed by atoms with E-state index in [0.29, 0.717) is 11.4 Å². The largest absolute Gasteiger partial charge is 0.471 e. The van der Waals surface area contributed by atoms with Crippen molar-refractivity contribution in [2.75, 3.05) is 18.0 Å². The van der Waals surface area contributed by atoms with E-state index in [2.05, 4.69) is 20.0 Å². The molecule has 0 bridgehead atoms. The molecule has 1 N–H and O–H groups in total. The zero-order chi connectivity index (χ0) is 20.1. The number of ketones is 1. The normalized spacial score (nSPS) is 13.4.